The maximum atomic E-state index is 13.5. The van der Waals surface area contributed by atoms with E-state index in [2.05, 4.69) is 0 Å². The molecule has 4 amide bonds. The van der Waals surface area contributed by atoms with Crippen molar-refractivity contribution < 1.29 is 27.6 Å². The van der Waals surface area contributed by atoms with Gasteiger partial charge in [0.1, 0.15) is 28.7 Å². The van der Waals surface area contributed by atoms with Crippen LogP contribution in [-0.2, 0) is 9.59 Å². The lowest BCUT2D eigenvalue weighted by molar-refractivity contribution is -0.122. The molecule has 0 unspecified atom stereocenters. The van der Waals surface area contributed by atoms with Crippen LogP contribution >= 0.6 is 0 Å². The van der Waals surface area contributed by atoms with Gasteiger partial charge in [0.05, 0.1) is 5.69 Å². The maximum absolute atomic E-state index is 13.5. The molecule has 4 rings (SSSR count). The quantitative estimate of drug-likeness (QED) is 0.540. The summed E-state index contributed by atoms with van der Waals surface area (Å²) in [5.41, 5.74) is 0.234. The van der Waals surface area contributed by atoms with Crippen molar-refractivity contribution in [3.63, 3.8) is 0 Å². The lowest BCUT2D eigenvalue weighted by Gasteiger charge is -2.26. The number of carbonyl (C=O) groups is 3. The Bertz CT molecular complexity index is 1170. The minimum absolute atomic E-state index is 0.0163. The van der Waals surface area contributed by atoms with Crippen LogP contribution in [0.25, 0.3) is 17.4 Å². The number of halogens is 2. The third kappa shape index (κ3) is 3.55. The second-order valence-electron chi connectivity index (χ2n) is 6.15. The van der Waals surface area contributed by atoms with Gasteiger partial charge < -0.3 is 4.42 Å². The molecule has 1 aromatic heterocycles. The Kier molecular flexibility index (Phi) is 4.52. The molecular weight excluding hydrogens is 382 g/mol. The molecule has 0 spiro atoms. The third-order valence-corrected chi connectivity index (χ3v) is 4.21. The summed E-state index contributed by atoms with van der Waals surface area (Å²) < 4.78 is 32.2. The number of amides is 4. The van der Waals surface area contributed by atoms with Crippen molar-refractivity contribution in [3.05, 3.63) is 83.6 Å². The number of hydrogen-bond donors (Lipinski definition) is 1. The van der Waals surface area contributed by atoms with Gasteiger partial charge in [-0.3, -0.25) is 14.9 Å². The van der Waals surface area contributed by atoms with Crippen LogP contribution < -0.4 is 10.2 Å². The number of carbonyl (C=O) groups excluding carboxylic acids is 3. The Morgan fingerprint density at radius 3 is 2.38 bits per heavy atom. The van der Waals surface area contributed by atoms with Crippen molar-refractivity contribution in [3.8, 4) is 11.3 Å². The van der Waals surface area contributed by atoms with Crippen molar-refractivity contribution in [2.45, 2.75) is 0 Å². The van der Waals surface area contributed by atoms with E-state index >= 15 is 0 Å². The normalized spacial score (nSPS) is 15.7. The molecule has 2 heterocycles. The van der Waals surface area contributed by atoms with Gasteiger partial charge in [0.25, 0.3) is 11.8 Å². The van der Waals surface area contributed by atoms with Gasteiger partial charge in [-0.25, -0.2) is 18.5 Å². The number of anilines is 1. The van der Waals surface area contributed by atoms with E-state index in [1.807, 2.05) is 5.32 Å². The molecule has 1 aliphatic rings. The fourth-order valence-corrected chi connectivity index (χ4v) is 2.85. The highest BCUT2D eigenvalue weighted by Gasteiger charge is 2.37. The minimum atomic E-state index is -0.978. The summed E-state index contributed by atoms with van der Waals surface area (Å²) in [4.78, 5) is 37.7. The Morgan fingerprint density at radius 1 is 0.897 bits per heavy atom. The Hall–Kier alpha value is -4.07. The van der Waals surface area contributed by atoms with Gasteiger partial charge >= 0.3 is 6.03 Å². The minimum Gasteiger partial charge on any atom is -0.457 e. The molecule has 1 aliphatic heterocycles. The predicted molar refractivity (Wildman–Crippen MR) is 99.5 cm³/mol. The van der Waals surface area contributed by atoms with Gasteiger partial charge in [-0.1, -0.05) is 6.07 Å². The number of nitrogens with zero attached hydrogens (tertiary/aromatic N) is 1. The first-order valence-corrected chi connectivity index (χ1v) is 8.45. The number of hydrogen-bond acceptors (Lipinski definition) is 4. The summed E-state index contributed by atoms with van der Waals surface area (Å²) in [6.45, 7) is 0. The van der Waals surface area contributed by atoms with Crippen LogP contribution in [0.3, 0.4) is 0 Å². The van der Waals surface area contributed by atoms with Crippen molar-refractivity contribution in [1.29, 1.82) is 0 Å². The fourth-order valence-electron chi connectivity index (χ4n) is 2.85. The second kappa shape index (κ2) is 7.16. The highest BCUT2D eigenvalue weighted by Crippen LogP contribution is 2.26. The van der Waals surface area contributed by atoms with Crippen LogP contribution in [0.1, 0.15) is 5.76 Å². The van der Waals surface area contributed by atoms with Crippen molar-refractivity contribution in [1.82, 2.24) is 5.32 Å². The summed E-state index contributed by atoms with van der Waals surface area (Å²) in [7, 11) is 0. The van der Waals surface area contributed by atoms with Crippen LogP contribution in [-0.4, -0.2) is 17.8 Å². The van der Waals surface area contributed by atoms with E-state index in [1.54, 1.807) is 6.07 Å². The van der Waals surface area contributed by atoms with Gasteiger partial charge in [-0.05, 0) is 60.7 Å². The van der Waals surface area contributed by atoms with Crippen LogP contribution in [0.2, 0.25) is 0 Å². The SMILES string of the molecule is O=C1NC(=O)N(c2cccc(F)c2)C(=O)/C1=C\c1ccc(-c2ccc(F)cc2)o1. The van der Waals surface area contributed by atoms with E-state index in [4.69, 9.17) is 4.42 Å². The molecule has 1 saturated heterocycles. The van der Waals surface area contributed by atoms with Gasteiger partial charge in [-0.2, -0.15) is 0 Å². The van der Waals surface area contributed by atoms with E-state index in [9.17, 15) is 23.2 Å². The van der Waals surface area contributed by atoms with Crippen LogP contribution in [0, 0.1) is 11.6 Å². The first kappa shape index (κ1) is 18.3. The molecule has 1 N–H and O–H groups in total. The van der Waals surface area contributed by atoms with Crippen molar-refractivity contribution in [2.75, 3.05) is 4.90 Å². The summed E-state index contributed by atoms with van der Waals surface area (Å²) in [5, 5.41) is 2.05. The molecule has 3 aromatic rings. The van der Waals surface area contributed by atoms with Gasteiger partial charge in [0, 0.05) is 5.56 Å². The number of rotatable bonds is 3. The predicted octanol–water partition coefficient (Wildman–Crippen LogP) is 3.89. The molecule has 29 heavy (non-hydrogen) atoms. The fraction of sp³-hybridized carbons (Fsp3) is 0. The van der Waals surface area contributed by atoms with E-state index < -0.39 is 29.5 Å². The van der Waals surface area contributed by atoms with Gasteiger partial charge in [-0.15, -0.1) is 0 Å². The maximum Gasteiger partial charge on any atom is 0.335 e. The van der Waals surface area contributed by atoms with Crippen LogP contribution in [0.4, 0.5) is 19.3 Å². The average Bonchev–Trinajstić information content (AvgIpc) is 3.14. The Balaban J connectivity index is 1.67. The van der Waals surface area contributed by atoms with Crippen molar-refractivity contribution in [2.24, 2.45) is 0 Å². The first-order valence-electron chi connectivity index (χ1n) is 8.45. The zero-order chi connectivity index (χ0) is 20.5. The molecule has 144 valence electrons. The lowest BCUT2D eigenvalue weighted by Crippen LogP contribution is -2.54. The van der Waals surface area contributed by atoms with Crippen LogP contribution in [0.15, 0.2) is 70.7 Å². The third-order valence-electron chi connectivity index (χ3n) is 4.21. The molecule has 1 fully saturated rings. The summed E-state index contributed by atoms with van der Waals surface area (Å²) in [6, 6.07) is 12.6. The molecule has 0 saturated carbocycles. The molecule has 0 bridgehead atoms. The number of nitrogens with one attached hydrogen (secondary N) is 1. The smallest absolute Gasteiger partial charge is 0.335 e. The number of barbiturate groups is 1. The summed E-state index contributed by atoms with van der Waals surface area (Å²) >= 11 is 0. The molecule has 0 radical (unpaired) electrons. The first-order chi connectivity index (χ1) is 13.9. The summed E-state index contributed by atoms with van der Waals surface area (Å²) in [6.07, 6.45) is 1.18. The number of furan rings is 1. The monoisotopic (exact) mass is 394 g/mol. The van der Waals surface area contributed by atoms with E-state index in [1.165, 1.54) is 48.5 Å². The molecule has 2 aromatic carbocycles. The molecule has 8 heteroatoms. The zero-order valence-electron chi connectivity index (χ0n) is 14.7. The standard InChI is InChI=1S/C21H12F2N2O4/c22-13-6-4-12(5-7-13)18-9-8-16(29-18)11-17-19(26)24-21(28)25(20(17)27)15-3-1-2-14(23)10-15/h1-11H,(H,24,26,28)/b17-11-. The zero-order valence-corrected chi connectivity index (χ0v) is 14.7. The second-order valence-corrected chi connectivity index (χ2v) is 6.15. The van der Waals surface area contributed by atoms with Gasteiger partial charge in [0.2, 0.25) is 0 Å². The highest BCUT2D eigenvalue weighted by atomic mass is 19.1. The molecular formula is C21H12F2N2O4. The Labute approximate surface area is 163 Å². The lowest BCUT2D eigenvalue weighted by atomic mass is 10.1. The average molecular weight is 394 g/mol. The number of urea groups is 1. The topological polar surface area (TPSA) is 79.6 Å². The van der Waals surface area contributed by atoms with Crippen LogP contribution in [0.5, 0.6) is 0 Å². The number of imide groups is 2. The van der Waals surface area contributed by atoms with E-state index in [-0.39, 0.29) is 17.0 Å². The van der Waals surface area contributed by atoms with E-state index in [0.29, 0.717) is 16.2 Å². The Morgan fingerprint density at radius 2 is 1.66 bits per heavy atom. The highest BCUT2D eigenvalue weighted by molar-refractivity contribution is 6.39. The van der Waals surface area contributed by atoms with E-state index in [0.717, 1.165) is 12.1 Å². The molecule has 0 aliphatic carbocycles. The number of benzene rings is 2. The van der Waals surface area contributed by atoms with Gasteiger partial charge in [0.15, 0.2) is 0 Å². The summed E-state index contributed by atoms with van der Waals surface area (Å²) in [5.74, 6) is -2.26. The molecule has 6 nitrogen and oxygen atoms in total. The molecule has 0 atom stereocenters. The van der Waals surface area contributed by atoms with Crippen molar-refractivity contribution >= 4 is 29.6 Å². The largest absolute Gasteiger partial charge is 0.457 e.